The lowest BCUT2D eigenvalue weighted by atomic mass is 9.98. The molecule has 0 spiro atoms. The van der Waals surface area contributed by atoms with Crippen LogP contribution in [0.5, 0.6) is 0 Å². The molecule has 0 aliphatic rings. The molecule has 0 saturated carbocycles. The summed E-state index contributed by atoms with van der Waals surface area (Å²) >= 11 is 0. The molecule has 0 N–H and O–H groups in total. The van der Waals surface area contributed by atoms with Crippen LogP contribution in [-0.2, 0) is 0 Å². The Hall–Kier alpha value is -2.74. The number of benzene rings is 3. The number of hydrogen-bond acceptors (Lipinski definition) is 2. The van der Waals surface area contributed by atoms with Crippen LogP contribution < -0.4 is 0 Å². The lowest BCUT2D eigenvalue weighted by molar-refractivity contribution is 1.40. The third kappa shape index (κ3) is 2.48. The van der Waals surface area contributed by atoms with Crippen molar-refractivity contribution in [2.75, 3.05) is 7.05 Å². The Morgan fingerprint density at radius 1 is 0.857 bits per heavy atom. The van der Waals surface area contributed by atoms with Gasteiger partial charge in [-0.15, -0.1) is 0 Å². The van der Waals surface area contributed by atoms with Crippen LogP contribution in [0.2, 0.25) is 0 Å². The summed E-state index contributed by atoms with van der Waals surface area (Å²) in [5.41, 5.74) is 3.88. The van der Waals surface area contributed by atoms with Crippen molar-refractivity contribution in [2.45, 2.75) is 0 Å². The van der Waals surface area contributed by atoms with Crippen molar-refractivity contribution in [1.29, 1.82) is 0 Å². The first-order valence-electron chi connectivity index (χ1n) is 6.85. The van der Waals surface area contributed by atoms with Crippen molar-refractivity contribution in [2.24, 2.45) is 9.98 Å². The molecule has 2 heteroatoms. The van der Waals surface area contributed by atoms with E-state index < -0.39 is 0 Å². The minimum atomic E-state index is 0.853. The number of para-hydroxylation sites is 1. The molecule has 0 aliphatic heterocycles. The van der Waals surface area contributed by atoms with Gasteiger partial charge in [0.25, 0.3) is 0 Å². The van der Waals surface area contributed by atoms with Crippen molar-refractivity contribution in [3.05, 3.63) is 77.9 Å². The third-order valence-electron chi connectivity index (χ3n) is 3.58. The van der Waals surface area contributed by atoms with Crippen molar-refractivity contribution >= 4 is 28.9 Å². The van der Waals surface area contributed by atoms with E-state index in [1.807, 2.05) is 43.4 Å². The van der Waals surface area contributed by atoms with Gasteiger partial charge < -0.3 is 0 Å². The summed E-state index contributed by atoms with van der Waals surface area (Å²) in [7, 11) is 1.81. The highest BCUT2D eigenvalue weighted by Crippen LogP contribution is 2.24. The Bertz CT molecular complexity index is 832. The Morgan fingerprint density at radius 2 is 1.57 bits per heavy atom. The van der Waals surface area contributed by atoms with Crippen LogP contribution in [0.4, 0.5) is 5.69 Å². The predicted octanol–water partition coefficient (Wildman–Crippen LogP) is 4.64. The molecule has 3 aromatic rings. The second-order valence-corrected chi connectivity index (χ2v) is 4.81. The zero-order valence-electron chi connectivity index (χ0n) is 12.0. The molecule has 3 aromatic carbocycles. The van der Waals surface area contributed by atoms with E-state index in [1.165, 1.54) is 10.8 Å². The van der Waals surface area contributed by atoms with Crippen LogP contribution in [0.25, 0.3) is 10.8 Å². The summed E-state index contributed by atoms with van der Waals surface area (Å²) in [6.07, 6.45) is 0. The van der Waals surface area contributed by atoms with Gasteiger partial charge in [-0.1, -0.05) is 54.6 Å². The molecule has 0 radical (unpaired) electrons. The molecule has 0 atom stereocenters. The SMILES string of the molecule is C=Nc1ccccc1/C(=N\C)c1ccc2ccccc2c1. The monoisotopic (exact) mass is 272 g/mol. The summed E-state index contributed by atoms with van der Waals surface area (Å²) in [4.78, 5) is 8.57. The maximum atomic E-state index is 4.47. The van der Waals surface area contributed by atoms with E-state index in [9.17, 15) is 0 Å². The van der Waals surface area contributed by atoms with Gasteiger partial charge in [0.1, 0.15) is 0 Å². The fourth-order valence-electron chi connectivity index (χ4n) is 2.55. The van der Waals surface area contributed by atoms with Gasteiger partial charge in [0.2, 0.25) is 0 Å². The fourth-order valence-corrected chi connectivity index (χ4v) is 2.55. The molecule has 0 aromatic heterocycles. The zero-order chi connectivity index (χ0) is 14.7. The molecule has 2 nitrogen and oxygen atoms in total. The van der Waals surface area contributed by atoms with E-state index in [0.717, 1.165) is 22.5 Å². The Morgan fingerprint density at radius 3 is 2.33 bits per heavy atom. The summed E-state index contributed by atoms with van der Waals surface area (Å²) in [6.45, 7) is 3.65. The molecule has 21 heavy (non-hydrogen) atoms. The first-order chi connectivity index (χ1) is 10.3. The van der Waals surface area contributed by atoms with E-state index in [1.54, 1.807) is 0 Å². The Kier molecular flexibility index (Phi) is 3.61. The van der Waals surface area contributed by atoms with E-state index in [0.29, 0.717) is 0 Å². The predicted molar refractivity (Wildman–Crippen MR) is 91.2 cm³/mol. The second kappa shape index (κ2) is 5.71. The van der Waals surface area contributed by atoms with Crippen molar-refractivity contribution in [3.8, 4) is 0 Å². The van der Waals surface area contributed by atoms with Crippen molar-refractivity contribution in [3.63, 3.8) is 0 Å². The van der Waals surface area contributed by atoms with E-state index in [2.05, 4.69) is 47.0 Å². The summed E-state index contributed by atoms with van der Waals surface area (Å²) in [5, 5.41) is 2.44. The number of fused-ring (bicyclic) bond motifs is 1. The summed E-state index contributed by atoms with van der Waals surface area (Å²) in [5.74, 6) is 0. The van der Waals surface area contributed by atoms with Crippen molar-refractivity contribution in [1.82, 2.24) is 0 Å². The fraction of sp³-hybridized carbons (Fsp3) is 0.0526. The number of rotatable bonds is 3. The molecule has 0 unspecified atom stereocenters. The molecule has 0 bridgehead atoms. The standard InChI is InChI=1S/C19H16N2/c1-20-18-10-6-5-9-17(18)19(21-2)16-12-11-14-7-3-4-8-15(14)13-16/h3-13H,1H2,2H3/b21-19-. The molecule has 0 saturated heterocycles. The molecule has 0 fully saturated rings. The van der Waals surface area contributed by atoms with Crippen LogP contribution in [0.1, 0.15) is 11.1 Å². The van der Waals surface area contributed by atoms with Gasteiger partial charge in [-0.25, -0.2) is 0 Å². The lowest BCUT2D eigenvalue weighted by Crippen LogP contribution is -2.03. The largest absolute Gasteiger partial charge is 0.287 e. The van der Waals surface area contributed by atoms with Gasteiger partial charge in [0.15, 0.2) is 0 Å². The number of hydrogen-bond donors (Lipinski definition) is 0. The number of aliphatic imine (C=N–C) groups is 2. The highest BCUT2D eigenvalue weighted by atomic mass is 14.7. The maximum Gasteiger partial charge on any atom is 0.0737 e. The van der Waals surface area contributed by atoms with Crippen LogP contribution in [0.3, 0.4) is 0 Å². The van der Waals surface area contributed by atoms with Gasteiger partial charge in [-0.05, 0) is 29.6 Å². The van der Waals surface area contributed by atoms with Gasteiger partial charge in [-0.2, -0.15) is 0 Å². The third-order valence-corrected chi connectivity index (χ3v) is 3.58. The Balaban J connectivity index is 2.16. The van der Waals surface area contributed by atoms with Crippen LogP contribution in [-0.4, -0.2) is 19.5 Å². The van der Waals surface area contributed by atoms with E-state index >= 15 is 0 Å². The average Bonchev–Trinajstić information content (AvgIpc) is 2.56. The van der Waals surface area contributed by atoms with E-state index in [-0.39, 0.29) is 0 Å². The van der Waals surface area contributed by atoms with Crippen LogP contribution in [0, 0.1) is 0 Å². The number of nitrogens with zero attached hydrogens (tertiary/aromatic N) is 2. The molecular weight excluding hydrogens is 256 g/mol. The first-order valence-corrected chi connectivity index (χ1v) is 6.85. The zero-order valence-corrected chi connectivity index (χ0v) is 12.0. The van der Waals surface area contributed by atoms with Gasteiger partial charge in [-0.3, -0.25) is 9.98 Å². The first kappa shape index (κ1) is 13.3. The summed E-state index contributed by atoms with van der Waals surface area (Å²) in [6, 6.07) is 22.7. The molecular formula is C19H16N2. The molecule has 102 valence electrons. The van der Waals surface area contributed by atoms with Crippen molar-refractivity contribution < 1.29 is 0 Å². The van der Waals surface area contributed by atoms with Crippen LogP contribution >= 0.6 is 0 Å². The van der Waals surface area contributed by atoms with E-state index in [4.69, 9.17) is 0 Å². The summed E-state index contributed by atoms with van der Waals surface area (Å²) < 4.78 is 0. The normalized spacial score (nSPS) is 11.6. The topological polar surface area (TPSA) is 24.7 Å². The molecule has 3 rings (SSSR count). The quantitative estimate of drug-likeness (QED) is 0.621. The lowest BCUT2D eigenvalue weighted by Gasteiger charge is -2.10. The van der Waals surface area contributed by atoms with Gasteiger partial charge >= 0.3 is 0 Å². The highest BCUT2D eigenvalue weighted by molar-refractivity contribution is 6.16. The molecule has 0 heterocycles. The highest BCUT2D eigenvalue weighted by Gasteiger charge is 2.10. The second-order valence-electron chi connectivity index (χ2n) is 4.81. The minimum absolute atomic E-state index is 0.853. The smallest absolute Gasteiger partial charge is 0.0737 e. The van der Waals surface area contributed by atoms with Crippen LogP contribution in [0.15, 0.2) is 76.7 Å². The van der Waals surface area contributed by atoms with Gasteiger partial charge in [0, 0.05) is 18.2 Å². The molecule has 0 aliphatic carbocycles. The minimum Gasteiger partial charge on any atom is -0.287 e. The molecule has 0 amide bonds. The average molecular weight is 272 g/mol. The maximum absolute atomic E-state index is 4.47. The van der Waals surface area contributed by atoms with Gasteiger partial charge in [0.05, 0.1) is 11.4 Å². The Labute approximate surface area is 124 Å².